The highest BCUT2D eigenvalue weighted by Crippen LogP contribution is 2.66. The lowest BCUT2D eigenvalue weighted by atomic mass is 9.68. The predicted molar refractivity (Wildman–Crippen MR) is 272 cm³/mol. The van der Waals surface area contributed by atoms with Gasteiger partial charge < -0.3 is 4.90 Å². The fourth-order valence-corrected chi connectivity index (χ4v) is 13.2. The van der Waals surface area contributed by atoms with Gasteiger partial charge in [-0.1, -0.05) is 226 Å². The second kappa shape index (κ2) is 13.5. The van der Waals surface area contributed by atoms with Crippen molar-refractivity contribution in [3.63, 3.8) is 0 Å². The van der Waals surface area contributed by atoms with Gasteiger partial charge in [-0.05, 0) is 113 Å². The number of hydrogen-bond donors (Lipinski definition) is 0. The largest absolute Gasteiger partial charge is 0.309 e. The fraction of sp³-hybridized carbons (Fsp3) is 0.0769. The van der Waals surface area contributed by atoms with Crippen LogP contribution in [-0.2, 0) is 16.2 Å². The molecule has 10 aromatic carbocycles. The molecule has 0 aromatic heterocycles. The summed E-state index contributed by atoms with van der Waals surface area (Å²) in [6.45, 7) is 4.78. The Balaban J connectivity index is 1.09. The zero-order valence-corrected chi connectivity index (χ0v) is 37.0. The van der Waals surface area contributed by atoms with Crippen LogP contribution in [0.5, 0.6) is 0 Å². The highest BCUT2D eigenvalue weighted by Gasteiger charge is 2.53. The second-order valence-corrected chi connectivity index (χ2v) is 19.0. The highest BCUT2D eigenvalue weighted by molar-refractivity contribution is 6.04. The van der Waals surface area contributed by atoms with Gasteiger partial charge >= 0.3 is 0 Å². The molecule has 10 aromatic rings. The molecule has 0 saturated carbocycles. The number of nitrogens with zero attached hydrogens (tertiary/aromatic N) is 1. The normalized spacial score (nSPS) is 15.2. The highest BCUT2D eigenvalue weighted by atomic mass is 15.1. The molecule has 0 aliphatic heterocycles. The second-order valence-electron chi connectivity index (χ2n) is 19.0. The van der Waals surface area contributed by atoms with E-state index in [0.29, 0.717) is 0 Å². The average Bonchev–Trinajstić information content (AvgIpc) is 4.04. The first-order chi connectivity index (χ1) is 32.5. The van der Waals surface area contributed by atoms with E-state index in [2.05, 4.69) is 255 Å². The molecule has 0 saturated heterocycles. The predicted octanol–water partition coefficient (Wildman–Crippen LogP) is 16.2. The lowest BCUT2D eigenvalue weighted by Crippen LogP contribution is -2.28. The van der Waals surface area contributed by atoms with E-state index in [1.807, 2.05) is 0 Å². The van der Waals surface area contributed by atoms with Crippen LogP contribution in [0.3, 0.4) is 0 Å². The van der Waals surface area contributed by atoms with E-state index in [9.17, 15) is 0 Å². The molecule has 0 radical (unpaired) electrons. The quantitative estimate of drug-likeness (QED) is 0.167. The summed E-state index contributed by atoms with van der Waals surface area (Å²) < 4.78 is 0. The molecule has 0 bridgehead atoms. The monoisotopic (exact) mass is 839 g/mol. The maximum Gasteiger partial charge on any atom is 0.0726 e. The number of fused-ring (bicyclic) bond motifs is 16. The smallest absolute Gasteiger partial charge is 0.0726 e. The van der Waals surface area contributed by atoms with Crippen molar-refractivity contribution in [1.29, 1.82) is 0 Å². The first-order valence-electron chi connectivity index (χ1n) is 23.4. The van der Waals surface area contributed by atoms with E-state index in [1.54, 1.807) is 0 Å². The van der Waals surface area contributed by atoms with Crippen molar-refractivity contribution in [2.45, 2.75) is 30.1 Å². The Labute approximate surface area is 387 Å². The summed E-state index contributed by atoms with van der Waals surface area (Å²) in [5.74, 6) is 0. The topological polar surface area (TPSA) is 3.24 Å². The molecule has 14 rings (SSSR count). The van der Waals surface area contributed by atoms with Crippen molar-refractivity contribution < 1.29 is 0 Å². The zero-order valence-electron chi connectivity index (χ0n) is 37.0. The minimum atomic E-state index is -0.489. The summed E-state index contributed by atoms with van der Waals surface area (Å²) >= 11 is 0. The van der Waals surface area contributed by atoms with E-state index in [4.69, 9.17) is 0 Å². The van der Waals surface area contributed by atoms with Gasteiger partial charge in [0.25, 0.3) is 0 Å². The first-order valence-corrected chi connectivity index (χ1v) is 23.4. The summed E-state index contributed by atoms with van der Waals surface area (Å²) in [6.07, 6.45) is 0. The maximum absolute atomic E-state index is 2.62. The lowest BCUT2D eigenvalue weighted by Gasteiger charge is -2.35. The van der Waals surface area contributed by atoms with Crippen LogP contribution in [0.1, 0.15) is 69.5 Å². The molecule has 0 unspecified atom stereocenters. The molecule has 0 amide bonds. The van der Waals surface area contributed by atoms with Crippen LogP contribution in [0.15, 0.2) is 237 Å². The van der Waals surface area contributed by atoms with Crippen molar-refractivity contribution in [2.75, 3.05) is 4.90 Å². The fourth-order valence-electron chi connectivity index (χ4n) is 13.2. The number of benzene rings is 10. The van der Waals surface area contributed by atoms with E-state index in [1.165, 1.54) is 112 Å². The summed E-state index contributed by atoms with van der Waals surface area (Å²) in [7, 11) is 0. The minimum Gasteiger partial charge on any atom is -0.309 e. The van der Waals surface area contributed by atoms with Gasteiger partial charge in [0.2, 0.25) is 0 Å². The van der Waals surface area contributed by atoms with E-state index >= 15 is 0 Å². The van der Waals surface area contributed by atoms with Crippen LogP contribution in [0, 0.1) is 0 Å². The van der Waals surface area contributed by atoms with E-state index < -0.39 is 10.8 Å². The SMILES string of the molecule is CC1(C)c2ccccc2-c2c(N(c3ccc4c(c3)-c3ccccc3C4(c3ccccc3)c3ccccc3)c3cccc4c3-c3ccccc3C43c4ccccc4-c4ccccc43)cccc21. The minimum absolute atomic E-state index is 0.165. The molecule has 0 fully saturated rings. The molecule has 4 aliphatic rings. The molecule has 0 N–H and O–H groups in total. The summed E-state index contributed by atoms with van der Waals surface area (Å²) in [6, 6.07) is 89.4. The Morgan fingerprint density at radius 1 is 0.273 bits per heavy atom. The van der Waals surface area contributed by atoms with Gasteiger partial charge in [0.15, 0.2) is 0 Å². The van der Waals surface area contributed by atoms with Crippen LogP contribution in [0.25, 0.3) is 44.5 Å². The lowest BCUT2D eigenvalue weighted by molar-refractivity contribution is 0.660. The molecule has 0 atom stereocenters. The van der Waals surface area contributed by atoms with Gasteiger partial charge in [0.1, 0.15) is 0 Å². The van der Waals surface area contributed by atoms with E-state index in [0.717, 1.165) is 5.69 Å². The molecule has 310 valence electrons. The van der Waals surface area contributed by atoms with Crippen molar-refractivity contribution in [3.05, 3.63) is 292 Å². The number of hydrogen-bond acceptors (Lipinski definition) is 1. The van der Waals surface area contributed by atoms with Gasteiger partial charge in [0.05, 0.1) is 22.2 Å². The van der Waals surface area contributed by atoms with Crippen molar-refractivity contribution in [3.8, 4) is 44.5 Å². The van der Waals surface area contributed by atoms with Crippen molar-refractivity contribution >= 4 is 17.1 Å². The average molecular weight is 840 g/mol. The molecule has 1 nitrogen and oxygen atoms in total. The first kappa shape index (κ1) is 37.4. The Morgan fingerprint density at radius 3 is 1.21 bits per heavy atom. The van der Waals surface area contributed by atoms with Crippen LogP contribution < -0.4 is 4.90 Å². The number of rotatable bonds is 5. The van der Waals surface area contributed by atoms with Crippen molar-refractivity contribution in [1.82, 2.24) is 0 Å². The zero-order chi connectivity index (χ0) is 43.8. The summed E-state index contributed by atoms with van der Waals surface area (Å²) in [5.41, 5.74) is 26.0. The maximum atomic E-state index is 2.62. The molecular formula is C65H45N. The van der Waals surface area contributed by atoms with Crippen LogP contribution in [0.2, 0.25) is 0 Å². The van der Waals surface area contributed by atoms with Gasteiger partial charge in [-0.25, -0.2) is 0 Å². The molecule has 0 heterocycles. The third kappa shape index (κ3) is 4.60. The van der Waals surface area contributed by atoms with Gasteiger partial charge in [-0.15, -0.1) is 0 Å². The third-order valence-corrected chi connectivity index (χ3v) is 15.8. The van der Waals surface area contributed by atoms with Crippen LogP contribution in [0.4, 0.5) is 17.1 Å². The molecule has 1 heteroatoms. The van der Waals surface area contributed by atoms with Gasteiger partial charge in [-0.2, -0.15) is 0 Å². The van der Waals surface area contributed by atoms with E-state index in [-0.39, 0.29) is 5.41 Å². The van der Waals surface area contributed by atoms with Crippen LogP contribution in [-0.4, -0.2) is 0 Å². The van der Waals surface area contributed by atoms with Gasteiger partial charge in [0, 0.05) is 22.2 Å². The molecule has 1 spiro atoms. The van der Waals surface area contributed by atoms with Crippen LogP contribution >= 0.6 is 0 Å². The standard InChI is InChI=1S/C65H45N/c1-63(2)51-30-14-12-28-48(51)61-57(63)35-19-37-59(61)66(44-39-40-56-50(41-44)47-27-11-15-31-52(47)64(56,42-21-5-3-6-22-42)43-23-7-4-8-24-43)60-38-20-36-58-62(60)49-29-13-18-34-55(49)65(58)53-32-16-9-25-45(53)46-26-10-17-33-54(46)65/h3-41H,1-2H3. The summed E-state index contributed by atoms with van der Waals surface area (Å²) in [5, 5.41) is 0. The Bertz CT molecular complexity index is 3550. The molecule has 66 heavy (non-hydrogen) atoms. The number of anilines is 3. The Hall–Kier alpha value is -8.00. The Morgan fingerprint density at radius 2 is 0.652 bits per heavy atom. The van der Waals surface area contributed by atoms with Crippen molar-refractivity contribution in [2.24, 2.45) is 0 Å². The molecular weight excluding hydrogens is 795 g/mol. The summed E-state index contributed by atoms with van der Waals surface area (Å²) in [4.78, 5) is 2.62. The van der Waals surface area contributed by atoms with Gasteiger partial charge in [-0.3, -0.25) is 0 Å². The Kier molecular flexibility index (Phi) is 7.66. The third-order valence-electron chi connectivity index (χ3n) is 15.8. The molecule has 4 aliphatic carbocycles.